The van der Waals surface area contributed by atoms with E-state index in [4.69, 9.17) is 10.00 Å². The predicted molar refractivity (Wildman–Crippen MR) is 54.7 cm³/mol. The number of hydrogen-bond donors (Lipinski definition) is 0. The number of hydrogen-bond acceptors (Lipinski definition) is 5. The van der Waals surface area contributed by atoms with Crippen LogP contribution in [0.4, 0.5) is 0 Å². The minimum Gasteiger partial charge on any atom is -0.465 e. The highest BCUT2D eigenvalue weighted by Gasteiger charge is 2.24. The molecule has 0 saturated carbocycles. The van der Waals surface area contributed by atoms with E-state index in [2.05, 4.69) is 25.9 Å². The summed E-state index contributed by atoms with van der Waals surface area (Å²) in [7, 11) is 0. The van der Waals surface area contributed by atoms with Gasteiger partial charge in [-0.25, -0.2) is 9.97 Å². The zero-order valence-electron chi connectivity index (χ0n) is 7.98. The van der Waals surface area contributed by atoms with Crippen molar-refractivity contribution >= 4 is 21.9 Å². The highest BCUT2D eigenvalue weighted by atomic mass is 79.9. The van der Waals surface area contributed by atoms with Gasteiger partial charge < -0.3 is 4.74 Å². The second-order valence-electron chi connectivity index (χ2n) is 2.57. The summed E-state index contributed by atoms with van der Waals surface area (Å²) in [5.74, 6) is -1.53. The van der Waals surface area contributed by atoms with E-state index in [1.807, 2.05) is 6.07 Å². The molecule has 15 heavy (non-hydrogen) atoms. The minimum absolute atomic E-state index is 0.152. The molecule has 5 nitrogen and oxygen atoms in total. The van der Waals surface area contributed by atoms with Crippen LogP contribution in [0.5, 0.6) is 0 Å². The van der Waals surface area contributed by atoms with E-state index in [1.54, 1.807) is 6.92 Å². The van der Waals surface area contributed by atoms with Gasteiger partial charge in [0.25, 0.3) is 0 Å². The summed E-state index contributed by atoms with van der Waals surface area (Å²) in [5, 5.41) is 8.80. The maximum Gasteiger partial charge on any atom is 0.331 e. The Morgan fingerprint density at radius 1 is 1.67 bits per heavy atom. The maximum absolute atomic E-state index is 11.3. The molecule has 0 saturated heterocycles. The van der Waals surface area contributed by atoms with Gasteiger partial charge in [0.05, 0.1) is 17.1 Å². The van der Waals surface area contributed by atoms with Gasteiger partial charge in [0.15, 0.2) is 5.82 Å². The smallest absolute Gasteiger partial charge is 0.331 e. The molecular formula is C9H8BrN3O2. The van der Waals surface area contributed by atoms with Crippen LogP contribution in [0.25, 0.3) is 0 Å². The highest BCUT2D eigenvalue weighted by molar-refractivity contribution is 9.10. The number of aromatic nitrogens is 2. The summed E-state index contributed by atoms with van der Waals surface area (Å²) >= 11 is 3.16. The van der Waals surface area contributed by atoms with Crippen molar-refractivity contribution in [2.24, 2.45) is 0 Å². The molecule has 1 unspecified atom stereocenters. The fourth-order valence-electron chi connectivity index (χ4n) is 0.913. The Balaban J connectivity index is 2.89. The Hall–Kier alpha value is -1.48. The summed E-state index contributed by atoms with van der Waals surface area (Å²) < 4.78 is 5.41. The van der Waals surface area contributed by atoms with Gasteiger partial charge in [-0.1, -0.05) is 0 Å². The second-order valence-corrected chi connectivity index (χ2v) is 3.49. The Bertz CT molecular complexity index is 385. The van der Waals surface area contributed by atoms with Crippen LogP contribution in [0, 0.1) is 11.3 Å². The second kappa shape index (κ2) is 5.41. The fourth-order valence-corrected chi connectivity index (χ4v) is 1.12. The van der Waals surface area contributed by atoms with Crippen LogP contribution in [-0.4, -0.2) is 22.5 Å². The zero-order valence-corrected chi connectivity index (χ0v) is 9.56. The van der Waals surface area contributed by atoms with Crippen molar-refractivity contribution in [2.45, 2.75) is 12.8 Å². The molecule has 0 aliphatic carbocycles. The number of halogens is 1. The van der Waals surface area contributed by atoms with Gasteiger partial charge >= 0.3 is 5.97 Å². The molecule has 0 aliphatic heterocycles. The molecule has 0 radical (unpaired) electrons. The molecule has 1 rings (SSSR count). The lowest BCUT2D eigenvalue weighted by Crippen LogP contribution is -2.16. The van der Waals surface area contributed by atoms with Crippen LogP contribution in [-0.2, 0) is 9.53 Å². The molecule has 0 N–H and O–H groups in total. The Morgan fingerprint density at radius 2 is 2.27 bits per heavy atom. The third-order valence-corrected chi connectivity index (χ3v) is 1.96. The summed E-state index contributed by atoms with van der Waals surface area (Å²) in [5.41, 5.74) is 0. The van der Waals surface area contributed by atoms with Crippen LogP contribution in [0.2, 0.25) is 0 Å². The molecule has 0 aromatic carbocycles. The van der Waals surface area contributed by atoms with E-state index >= 15 is 0 Å². The summed E-state index contributed by atoms with van der Waals surface area (Å²) in [4.78, 5) is 19.1. The van der Waals surface area contributed by atoms with E-state index in [0.29, 0.717) is 4.47 Å². The molecule has 0 aliphatic rings. The first-order valence-electron chi connectivity index (χ1n) is 4.22. The lowest BCUT2D eigenvalue weighted by molar-refractivity contribution is -0.143. The number of carbonyl (C=O) groups is 1. The van der Waals surface area contributed by atoms with Crippen molar-refractivity contribution in [1.29, 1.82) is 5.26 Å². The number of carbonyl (C=O) groups excluding carboxylic acids is 1. The molecule has 1 aromatic rings. The summed E-state index contributed by atoms with van der Waals surface area (Å²) in [6, 6.07) is 1.81. The average molecular weight is 270 g/mol. The van der Waals surface area contributed by atoms with Crippen LogP contribution >= 0.6 is 15.9 Å². The van der Waals surface area contributed by atoms with Crippen molar-refractivity contribution in [3.8, 4) is 6.07 Å². The van der Waals surface area contributed by atoms with E-state index < -0.39 is 11.9 Å². The van der Waals surface area contributed by atoms with Crippen molar-refractivity contribution in [3.05, 3.63) is 22.7 Å². The van der Waals surface area contributed by atoms with Crippen LogP contribution in [0.3, 0.4) is 0 Å². The minimum atomic E-state index is -1.06. The van der Waals surface area contributed by atoms with Gasteiger partial charge in [0.2, 0.25) is 5.92 Å². The fraction of sp³-hybridized carbons (Fsp3) is 0.333. The molecule has 0 spiro atoms. The average Bonchev–Trinajstić information content (AvgIpc) is 2.22. The quantitative estimate of drug-likeness (QED) is 0.776. The van der Waals surface area contributed by atoms with Crippen LogP contribution in [0.15, 0.2) is 16.9 Å². The van der Waals surface area contributed by atoms with Crippen molar-refractivity contribution in [3.63, 3.8) is 0 Å². The first kappa shape index (κ1) is 11.6. The molecular weight excluding hydrogens is 262 g/mol. The van der Waals surface area contributed by atoms with E-state index in [0.717, 1.165) is 0 Å². The highest BCUT2D eigenvalue weighted by Crippen LogP contribution is 2.13. The third kappa shape index (κ3) is 2.99. The molecule has 1 heterocycles. The van der Waals surface area contributed by atoms with Gasteiger partial charge in [-0.2, -0.15) is 5.26 Å². The monoisotopic (exact) mass is 269 g/mol. The van der Waals surface area contributed by atoms with Crippen molar-refractivity contribution in [1.82, 2.24) is 9.97 Å². The Kier molecular flexibility index (Phi) is 4.18. The summed E-state index contributed by atoms with van der Waals surface area (Å²) in [6.45, 7) is 1.91. The molecule has 78 valence electrons. The van der Waals surface area contributed by atoms with Gasteiger partial charge in [0, 0.05) is 12.4 Å². The first-order chi connectivity index (χ1) is 7.19. The van der Waals surface area contributed by atoms with Gasteiger partial charge in [-0.15, -0.1) is 0 Å². The van der Waals surface area contributed by atoms with Crippen LogP contribution in [0.1, 0.15) is 18.7 Å². The normalized spacial score (nSPS) is 11.5. The van der Waals surface area contributed by atoms with Crippen LogP contribution < -0.4 is 0 Å². The Morgan fingerprint density at radius 3 is 2.73 bits per heavy atom. The lowest BCUT2D eigenvalue weighted by Gasteiger charge is -2.06. The lowest BCUT2D eigenvalue weighted by atomic mass is 10.1. The SMILES string of the molecule is CCOC(=O)C(C#N)c1ncc(Br)cn1. The number of nitrogens with zero attached hydrogens (tertiary/aromatic N) is 3. The number of rotatable bonds is 3. The molecule has 0 bridgehead atoms. The van der Waals surface area contributed by atoms with Crippen molar-refractivity contribution in [2.75, 3.05) is 6.61 Å². The standard InChI is InChI=1S/C9H8BrN3O2/c1-2-15-9(14)7(3-11)8-12-4-6(10)5-13-8/h4-5,7H,2H2,1H3. The Labute approximate surface area is 95.2 Å². The molecule has 0 amide bonds. The number of ether oxygens (including phenoxy) is 1. The zero-order chi connectivity index (χ0) is 11.3. The van der Waals surface area contributed by atoms with E-state index in [-0.39, 0.29) is 12.4 Å². The third-order valence-electron chi connectivity index (χ3n) is 1.55. The van der Waals surface area contributed by atoms with Crippen molar-refractivity contribution < 1.29 is 9.53 Å². The van der Waals surface area contributed by atoms with Gasteiger partial charge in [-0.05, 0) is 22.9 Å². The molecule has 6 heteroatoms. The van der Waals surface area contributed by atoms with Gasteiger partial charge in [-0.3, -0.25) is 4.79 Å². The first-order valence-corrected chi connectivity index (χ1v) is 5.02. The topological polar surface area (TPSA) is 75.9 Å². The molecule has 1 aromatic heterocycles. The number of nitriles is 1. The molecule has 1 atom stereocenters. The molecule has 0 fully saturated rings. The number of esters is 1. The maximum atomic E-state index is 11.3. The summed E-state index contributed by atoms with van der Waals surface area (Å²) in [6.07, 6.45) is 2.96. The van der Waals surface area contributed by atoms with Gasteiger partial charge in [0.1, 0.15) is 0 Å². The van der Waals surface area contributed by atoms with E-state index in [9.17, 15) is 4.79 Å². The van der Waals surface area contributed by atoms with E-state index in [1.165, 1.54) is 12.4 Å². The predicted octanol–water partition coefficient (Wildman–Crippen LogP) is 1.41. The largest absolute Gasteiger partial charge is 0.465 e.